The van der Waals surface area contributed by atoms with Gasteiger partial charge in [-0.1, -0.05) is 6.07 Å². The molecule has 5 aromatic rings. The fourth-order valence-corrected chi connectivity index (χ4v) is 4.42. The fraction of sp³-hybridized carbons (Fsp3) is 0.192. The van der Waals surface area contributed by atoms with E-state index in [1.807, 2.05) is 29.8 Å². The van der Waals surface area contributed by atoms with E-state index < -0.39 is 6.61 Å². The van der Waals surface area contributed by atoms with E-state index in [1.165, 1.54) is 16.7 Å². The molecule has 1 aliphatic carbocycles. The van der Waals surface area contributed by atoms with Gasteiger partial charge >= 0.3 is 6.61 Å². The normalized spacial score (nSPS) is 13.6. The third-order valence-electron chi connectivity index (χ3n) is 6.33. The van der Waals surface area contributed by atoms with Crippen molar-refractivity contribution in [1.29, 1.82) is 0 Å². The highest BCUT2D eigenvalue weighted by atomic mass is 19.3. The van der Waals surface area contributed by atoms with E-state index in [2.05, 4.69) is 20.0 Å². The van der Waals surface area contributed by atoms with E-state index in [4.69, 9.17) is 5.73 Å². The number of aromatic nitrogens is 4. The molecule has 3 heterocycles. The lowest BCUT2D eigenvalue weighted by Gasteiger charge is -2.17. The Morgan fingerprint density at radius 1 is 1.08 bits per heavy atom. The Kier molecular flexibility index (Phi) is 5.10. The Balaban J connectivity index is 1.60. The number of nitrogen functional groups attached to an aromatic ring is 1. The zero-order valence-corrected chi connectivity index (χ0v) is 19.3. The molecule has 0 saturated heterocycles. The van der Waals surface area contributed by atoms with Crippen LogP contribution in [0, 0.1) is 0 Å². The molecule has 2 aromatic carbocycles. The molecule has 0 bridgehead atoms. The van der Waals surface area contributed by atoms with Gasteiger partial charge in [0.1, 0.15) is 11.3 Å². The standard InChI is InChI=1S/C26H22F2N6O2/c1-33-13-31-19-9-2-14(10-20(19)33)22-23(29)24-21(11-16(12-30-24)32-15-3-4-15)34(25(22)35)17-5-7-18(8-6-17)36-26(27)28/h2,5-13,15,26,32H,3-4,29H2,1H3. The number of benzene rings is 2. The van der Waals surface area contributed by atoms with Crippen LogP contribution < -0.4 is 21.3 Å². The van der Waals surface area contributed by atoms with Crippen LogP contribution >= 0.6 is 0 Å². The number of aryl methyl sites for hydroxylation is 1. The molecule has 3 aromatic heterocycles. The van der Waals surface area contributed by atoms with Gasteiger partial charge in [0.25, 0.3) is 5.56 Å². The van der Waals surface area contributed by atoms with Gasteiger partial charge in [0.2, 0.25) is 0 Å². The first kappa shape index (κ1) is 22.0. The minimum Gasteiger partial charge on any atom is -0.435 e. The van der Waals surface area contributed by atoms with Gasteiger partial charge in [-0.05, 0) is 60.9 Å². The quantitative estimate of drug-likeness (QED) is 0.360. The average Bonchev–Trinajstić information content (AvgIpc) is 3.60. The predicted molar refractivity (Wildman–Crippen MR) is 135 cm³/mol. The molecule has 0 spiro atoms. The van der Waals surface area contributed by atoms with Crippen LogP contribution in [0.3, 0.4) is 0 Å². The largest absolute Gasteiger partial charge is 0.435 e. The summed E-state index contributed by atoms with van der Waals surface area (Å²) in [5, 5.41) is 3.39. The first-order chi connectivity index (χ1) is 17.4. The summed E-state index contributed by atoms with van der Waals surface area (Å²) in [4.78, 5) is 23.0. The summed E-state index contributed by atoms with van der Waals surface area (Å²) in [6.45, 7) is -2.94. The van der Waals surface area contributed by atoms with Gasteiger partial charge in [-0.25, -0.2) is 4.98 Å². The lowest BCUT2D eigenvalue weighted by atomic mass is 10.0. The lowest BCUT2D eigenvalue weighted by Crippen LogP contribution is -2.23. The Labute approximate surface area is 204 Å². The van der Waals surface area contributed by atoms with Gasteiger partial charge in [-0.15, -0.1) is 0 Å². The number of imidazole rings is 1. The Bertz CT molecular complexity index is 1670. The minimum absolute atomic E-state index is 0.00218. The Morgan fingerprint density at radius 2 is 1.86 bits per heavy atom. The van der Waals surface area contributed by atoms with Gasteiger partial charge in [-0.3, -0.25) is 14.3 Å². The summed E-state index contributed by atoms with van der Waals surface area (Å²) in [7, 11) is 1.88. The number of nitrogens with one attached hydrogen (secondary N) is 1. The monoisotopic (exact) mass is 488 g/mol. The highest BCUT2D eigenvalue weighted by molar-refractivity contribution is 5.98. The number of rotatable bonds is 6. The molecule has 0 radical (unpaired) electrons. The van der Waals surface area contributed by atoms with Crippen LogP contribution in [0.25, 0.3) is 38.9 Å². The second kappa shape index (κ2) is 8.33. The van der Waals surface area contributed by atoms with E-state index in [1.54, 1.807) is 30.7 Å². The van der Waals surface area contributed by atoms with Crippen molar-refractivity contribution in [3.8, 4) is 22.6 Å². The van der Waals surface area contributed by atoms with Crippen LogP contribution in [0.4, 0.5) is 20.2 Å². The van der Waals surface area contributed by atoms with E-state index in [0.29, 0.717) is 33.9 Å². The molecular formula is C26H22F2N6O2. The second-order valence-corrected chi connectivity index (χ2v) is 8.87. The third kappa shape index (κ3) is 3.80. The van der Waals surface area contributed by atoms with Crippen LogP contribution in [0.5, 0.6) is 5.75 Å². The van der Waals surface area contributed by atoms with Crippen molar-refractivity contribution in [1.82, 2.24) is 19.1 Å². The summed E-state index contributed by atoms with van der Waals surface area (Å²) >= 11 is 0. The van der Waals surface area contributed by atoms with Crippen molar-refractivity contribution >= 4 is 33.4 Å². The summed E-state index contributed by atoms with van der Waals surface area (Å²) in [6.07, 6.45) is 5.57. The highest BCUT2D eigenvalue weighted by Gasteiger charge is 2.23. The zero-order valence-electron chi connectivity index (χ0n) is 19.3. The van der Waals surface area contributed by atoms with Crippen LogP contribution in [0.2, 0.25) is 0 Å². The molecule has 0 unspecified atom stereocenters. The van der Waals surface area contributed by atoms with Gasteiger partial charge in [0.05, 0.1) is 46.0 Å². The van der Waals surface area contributed by atoms with Gasteiger partial charge in [0.15, 0.2) is 0 Å². The number of alkyl halides is 2. The summed E-state index contributed by atoms with van der Waals surface area (Å²) in [5.41, 5.74) is 11.3. The number of anilines is 2. The van der Waals surface area contributed by atoms with Gasteiger partial charge < -0.3 is 20.4 Å². The molecule has 1 saturated carbocycles. The molecule has 36 heavy (non-hydrogen) atoms. The maximum Gasteiger partial charge on any atom is 0.387 e. The molecule has 0 amide bonds. The summed E-state index contributed by atoms with van der Waals surface area (Å²) in [6, 6.07) is 13.7. The molecule has 1 fully saturated rings. The first-order valence-electron chi connectivity index (χ1n) is 11.5. The van der Waals surface area contributed by atoms with E-state index in [-0.39, 0.29) is 17.0 Å². The van der Waals surface area contributed by atoms with Crippen molar-refractivity contribution in [3.05, 3.63) is 71.4 Å². The highest BCUT2D eigenvalue weighted by Crippen LogP contribution is 2.33. The van der Waals surface area contributed by atoms with Crippen molar-refractivity contribution in [2.45, 2.75) is 25.5 Å². The zero-order chi connectivity index (χ0) is 25.0. The van der Waals surface area contributed by atoms with Crippen molar-refractivity contribution in [2.75, 3.05) is 11.1 Å². The lowest BCUT2D eigenvalue weighted by molar-refractivity contribution is -0.0498. The number of ether oxygens (including phenoxy) is 1. The molecule has 8 nitrogen and oxygen atoms in total. The van der Waals surface area contributed by atoms with Crippen LogP contribution in [-0.4, -0.2) is 31.8 Å². The number of pyridine rings is 2. The van der Waals surface area contributed by atoms with E-state index in [9.17, 15) is 13.6 Å². The number of nitrogens with two attached hydrogens (primary N) is 1. The van der Waals surface area contributed by atoms with Crippen LogP contribution in [0.15, 0.2) is 65.8 Å². The Morgan fingerprint density at radius 3 is 2.58 bits per heavy atom. The topological polar surface area (TPSA) is 100.0 Å². The summed E-state index contributed by atoms with van der Waals surface area (Å²) < 4.78 is 33.2. The van der Waals surface area contributed by atoms with Gasteiger partial charge in [0, 0.05) is 18.8 Å². The van der Waals surface area contributed by atoms with Crippen molar-refractivity contribution in [2.24, 2.45) is 7.05 Å². The maximum atomic E-state index is 14.0. The Hall–Kier alpha value is -4.47. The SMILES string of the molecule is Cn1cnc2ccc(-c3c(N)c4ncc(NC5CC5)cc4n(-c4ccc(OC(F)F)cc4)c3=O)cc21. The molecule has 6 rings (SSSR count). The smallest absolute Gasteiger partial charge is 0.387 e. The number of halogens is 2. The molecule has 182 valence electrons. The minimum atomic E-state index is -2.94. The van der Waals surface area contributed by atoms with Gasteiger partial charge in [-0.2, -0.15) is 8.78 Å². The van der Waals surface area contributed by atoms with Crippen molar-refractivity contribution in [3.63, 3.8) is 0 Å². The number of hydrogen-bond donors (Lipinski definition) is 2. The average molecular weight is 488 g/mol. The van der Waals surface area contributed by atoms with Crippen molar-refractivity contribution < 1.29 is 13.5 Å². The van der Waals surface area contributed by atoms with Crippen LogP contribution in [-0.2, 0) is 7.05 Å². The van der Waals surface area contributed by atoms with E-state index in [0.717, 1.165) is 29.6 Å². The number of hydrogen-bond acceptors (Lipinski definition) is 6. The van der Waals surface area contributed by atoms with E-state index >= 15 is 0 Å². The number of nitrogens with zero attached hydrogens (tertiary/aromatic N) is 4. The van der Waals surface area contributed by atoms with Crippen LogP contribution in [0.1, 0.15) is 12.8 Å². The maximum absolute atomic E-state index is 14.0. The second-order valence-electron chi connectivity index (χ2n) is 8.87. The molecule has 1 aliphatic rings. The first-order valence-corrected chi connectivity index (χ1v) is 11.5. The molecule has 0 aliphatic heterocycles. The molecule has 10 heteroatoms. The molecule has 3 N–H and O–H groups in total. The predicted octanol–water partition coefficient (Wildman–Crippen LogP) is 4.70. The summed E-state index contributed by atoms with van der Waals surface area (Å²) in [5.74, 6) is -0.00218. The molecular weight excluding hydrogens is 466 g/mol. The fourth-order valence-electron chi connectivity index (χ4n) is 4.42. The molecule has 0 atom stereocenters. The third-order valence-corrected chi connectivity index (χ3v) is 6.33. The number of fused-ring (bicyclic) bond motifs is 2.